The maximum absolute atomic E-state index is 12.3. The molecular formula is C20H31N3O2. The fourth-order valence-corrected chi connectivity index (χ4v) is 3.17. The zero-order valence-corrected chi connectivity index (χ0v) is 15.5. The molecule has 1 saturated carbocycles. The smallest absolute Gasteiger partial charge is 0.243 e. The minimum Gasteiger partial charge on any atom is -0.335 e. The fourth-order valence-electron chi connectivity index (χ4n) is 3.17. The molecule has 2 rings (SSSR count). The molecule has 25 heavy (non-hydrogen) atoms. The zero-order valence-electron chi connectivity index (χ0n) is 15.5. The summed E-state index contributed by atoms with van der Waals surface area (Å²) >= 11 is 0. The van der Waals surface area contributed by atoms with E-state index in [0.717, 1.165) is 24.1 Å². The Labute approximate surface area is 151 Å². The van der Waals surface area contributed by atoms with Crippen LogP contribution in [0.2, 0.25) is 0 Å². The minimum absolute atomic E-state index is 0.0406. The van der Waals surface area contributed by atoms with E-state index >= 15 is 0 Å². The van der Waals surface area contributed by atoms with Gasteiger partial charge in [0.2, 0.25) is 11.8 Å². The molecule has 1 aliphatic carbocycles. The van der Waals surface area contributed by atoms with Gasteiger partial charge in [-0.25, -0.2) is 0 Å². The first-order valence-corrected chi connectivity index (χ1v) is 9.38. The Morgan fingerprint density at radius 3 is 2.28 bits per heavy atom. The van der Waals surface area contributed by atoms with E-state index in [2.05, 4.69) is 10.6 Å². The number of hydrogen-bond donors (Lipinski definition) is 2. The van der Waals surface area contributed by atoms with Gasteiger partial charge in [0.25, 0.3) is 0 Å². The molecule has 1 aliphatic rings. The van der Waals surface area contributed by atoms with Gasteiger partial charge in [-0.3, -0.25) is 9.59 Å². The lowest BCUT2D eigenvalue weighted by molar-refractivity contribution is -0.132. The standard InChI is InChI=1S/C20H31N3O2/c1-16-10-12-18(13-11-16)22-19(24)15-23(2)20(25)14-21-17-8-6-4-3-5-7-9-17/h10-13,17,21H,3-9,14-15H2,1-2H3,(H,22,24). The molecule has 0 saturated heterocycles. The number of hydrogen-bond acceptors (Lipinski definition) is 3. The summed E-state index contributed by atoms with van der Waals surface area (Å²) in [5.41, 5.74) is 1.90. The van der Waals surface area contributed by atoms with Crippen LogP contribution in [0.3, 0.4) is 0 Å². The normalized spacial score (nSPS) is 15.9. The van der Waals surface area contributed by atoms with E-state index in [1.807, 2.05) is 31.2 Å². The first-order valence-electron chi connectivity index (χ1n) is 9.38. The Hall–Kier alpha value is -1.88. The molecule has 1 fully saturated rings. The summed E-state index contributed by atoms with van der Waals surface area (Å²) < 4.78 is 0. The summed E-state index contributed by atoms with van der Waals surface area (Å²) in [6, 6.07) is 8.06. The van der Waals surface area contributed by atoms with Crippen molar-refractivity contribution in [1.29, 1.82) is 0 Å². The second-order valence-corrected chi connectivity index (χ2v) is 7.09. The van der Waals surface area contributed by atoms with Gasteiger partial charge in [-0.2, -0.15) is 0 Å². The third-order valence-electron chi connectivity index (χ3n) is 4.79. The van der Waals surface area contributed by atoms with Gasteiger partial charge in [0.15, 0.2) is 0 Å². The molecule has 1 aromatic rings. The van der Waals surface area contributed by atoms with E-state index in [4.69, 9.17) is 0 Å². The highest BCUT2D eigenvalue weighted by Gasteiger charge is 2.16. The summed E-state index contributed by atoms with van der Waals surface area (Å²) in [6.45, 7) is 2.37. The number of carbonyl (C=O) groups excluding carboxylic acids is 2. The first-order chi connectivity index (χ1) is 12.0. The number of aryl methyl sites for hydroxylation is 1. The topological polar surface area (TPSA) is 61.4 Å². The van der Waals surface area contributed by atoms with Crippen LogP contribution in [-0.4, -0.2) is 42.9 Å². The van der Waals surface area contributed by atoms with Crippen molar-refractivity contribution in [2.75, 3.05) is 25.5 Å². The monoisotopic (exact) mass is 345 g/mol. The van der Waals surface area contributed by atoms with E-state index < -0.39 is 0 Å². The maximum Gasteiger partial charge on any atom is 0.243 e. The van der Waals surface area contributed by atoms with Crippen molar-refractivity contribution in [3.63, 3.8) is 0 Å². The Bertz CT molecular complexity index is 549. The molecule has 5 heteroatoms. The molecule has 1 aromatic carbocycles. The first kappa shape index (κ1) is 19.4. The van der Waals surface area contributed by atoms with Gasteiger partial charge in [-0.15, -0.1) is 0 Å². The SMILES string of the molecule is Cc1ccc(NC(=O)CN(C)C(=O)CNC2CCCCCCC2)cc1. The molecule has 0 aromatic heterocycles. The van der Waals surface area contributed by atoms with Crippen LogP contribution in [0.4, 0.5) is 5.69 Å². The van der Waals surface area contributed by atoms with Crippen LogP contribution >= 0.6 is 0 Å². The van der Waals surface area contributed by atoms with E-state index in [9.17, 15) is 9.59 Å². The summed E-state index contributed by atoms with van der Waals surface area (Å²) in [6.07, 6.45) is 8.69. The van der Waals surface area contributed by atoms with Crippen LogP contribution in [0, 0.1) is 6.92 Å². The van der Waals surface area contributed by atoms with Crippen molar-refractivity contribution in [2.45, 2.75) is 57.9 Å². The number of nitrogens with zero attached hydrogens (tertiary/aromatic N) is 1. The highest BCUT2D eigenvalue weighted by Crippen LogP contribution is 2.16. The minimum atomic E-state index is -0.175. The molecule has 2 amide bonds. The zero-order chi connectivity index (χ0) is 18.1. The van der Waals surface area contributed by atoms with Crippen molar-refractivity contribution in [3.05, 3.63) is 29.8 Å². The molecule has 0 heterocycles. The molecule has 5 nitrogen and oxygen atoms in total. The fraction of sp³-hybridized carbons (Fsp3) is 0.600. The molecule has 0 aliphatic heterocycles. The van der Waals surface area contributed by atoms with Gasteiger partial charge < -0.3 is 15.5 Å². The summed E-state index contributed by atoms with van der Waals surface area (Å²) in [5.74, 6) is -0.216. The van der Waals surface area contributed by atoms with E-state index in [-0.39, 0.29) is 18.4 Å². The molecule has 0 spiro atoms. The average Bonchev–Trinajstić information content (AvgIpc) is 2.55. The number of nitrogens with one attached hydrogen (secondary N) is 2. The van der Waals surface area contributed by atoms with E-state index in [1.165, 1.54) is 37.0 Å². The number of anilines is 1. The number of carbonyl (C=O) groups is 2. The highest BCUT2D eigenvalue weighted by molar-refractivity contribution is 5.94. The molecule has 138 valence electrons. The molecule has 2 N–H and O–H groups in total. The molecule has 0 radical (unpaired) electrons. The largest absolute Gasteiger partial charge is 0.335 e. The van der Waals surface area contributed by atoms with Crippen molar-refractivity contribution < 1.29 is 9.59 Å². The van der Waals surface area contributed by atoms with Gasteiger partial charge in [0.1, 0.15) is 0 Å². The van der Waals surface area contributed by atoms with Crippen molar-refractivity contribution in [2.24, 2.45) is 0 Å². The van der Waals surface area contributed by atoms with Crippen molar-refractivity contribution in [3.8, 4) is 0 Å². The molecular weight excluding hydrogens is 314 g/mol. The quantitative estimate of drug-likeness (QED) is 0.833. The lowest BCUT2D eigenvalue weighted by Gasteiger charge is -2.23. The average molecular weight is 345 g/mol. The van der Waals surface area contributed by atoms with Crippen molar-refractivity contribution in [1.82, 2.24) is 10.2 Å². The molecule has 0 bridgehead atoms. The summed E-state index contributed by atoms with van der Waals surface area (Å²) in [5, 5.41) is 6.20. The summed E-state index contributed by atoms with van der Waals surface area (Å²) in [7, 11) is 1.68. The lowest BCUT2D eigenvalue weighted by Crippen LogP contribution is -2.42. The van der Waals surface area contributed by atoms with Crippen LogP contribution in [0.15, 0.2) is 24.3 Å². The van der Waals surface area contributed by atoms with Crippen LogP contribution in [-0.2, 0) is 9.59 Å². The van der Waals surface area contributed by atoms with Crippen molar-refractivity contribution >= 4 is 17.5 Å². The van der Waals surface area contributed by atoms with Gasteiger partial charge in [-0.05, 0) is 31.9 Å². The summed E-state index contributed by atoms with van der Waals surface area (Å²) in [4.78, 5) is 25.8. The van der Waals surface area contributed by atoms with E-state index in [0.29, 0.717) is 12.6 Å². The second-order valence-electron chi connectivity index (χ2n) is 7.09. The molecule has 0 unspecified atom stereocenters. The number of benzene rings is 1. The third kappa shape index (κ3) is 7.26. The van der Waals surface area contributed by atoms with Gasteiger partial charge >= 0.3 is 0 Å². The Morgan fingerprint density at radius 2 is 1.64 bits per heavy atom. The van der Waals surface area contributed by atoms with Crippen LogP contribution in [0.5, 0.6) is 0 Å². The Balaban J connectivity index is 1.71. The van der Waals surface area contributed by atoms with Gasteiger partial charge in [-0.1, -0.05) is 49.8 Å². The van der Waals surface area contributed by atoms with Crippen LogP contribution in [0.25, 0.3) is 0 Å². The highest BCUT2D eigenvalue weighted by atomic mass is 16.2. The second kappa shape index (κ2) is 10.2. The molecule has 0 atom stereocenters. The number of rotatable bonds is 6. The van der Waals surface area contributed by atoms with Crippen LogP contribution in [0.1, 0.15) is 50.5 Å². The number of amides is 2. The van der Waals surface area contributed by atoms with Gasteiger partial charge in [0.05, 0.1) is 13.1 Å². The van der Waals surface area contributed by atoms with Crippen LogP contribution < -0.4 is 10.6 Å². The predicted octanol–water partition coefficient (Wildman–Crippen LogP) is 3.09. The maximum atomic E-state index is 12.3. The Kier molecular flexibility index (Phi) is 7.92. The van der Waals surface area contributed by atoms with Gasteiger partial charge in [0, 0.05) is 18.8 Å². The van der Waals surface area contributed by atoms with E-state index in [1.54, 1.807) is 7.05 Å². The third-order valence-corrected chi connectivity index (χ3v) is 4.79. The predicted molar refractivity (Wildman–Crippen MR) is 102 cm³/mol. The lowest BCUT2D eigenvalue weighted by atomic mass is 9.97. The number of likely N-dealkylation sites (N-methyl/N-ethyl adjacent to an activating group) is 1. The Morgan fingerprint density at radius 1 is 1.04 bits per heavy atom.